The van der Waals surface area contributed by atoms with Crippen molar-refractivity contribution in [1.82, 2.24) is 9.62 Å². The lowest BCUT2D eigenvalue weighted by Gasteiger charge is -2.21. The molecule has 1 amide bonds. The van der Waals surface area contributed by atoms with Crippen LogP contribution in [0.2, 0.25) is 0 Å². The molecule has 6 nitrogen and oxygen atoms in total. The van der Waals surface area contributed by atoms with Crippen molar-refractivity contribution < 1.29 is 17.9 Å². The molecule has 0 aliphatic carbocycles. The maximum absolute atomic E-state index is 12.3. The summed E-state index contributed by atoms with van der Waals surface area (Å²) in [5, 5.41) is 0. The Bertz CT molecular complexity index is 864. The number of amides is 1. The van der Waals surface area contributed by atoms with Crippen LogP contribution in [0, 0.1) is 6.92 Å². The Hall–Kier alpha value is -2.38. The fraction of sp³-hybridized carbons (Fsp3) is 0.350. The highest BCUT2D eigenvalue weighted by Gasteiger charge is 2.15. The second-order valence-corrected chi connectivity index (χ2v) is 8.09. The Balaban J connectivity index is 1.90. The Morgan fingerprint density at radius 1 is 1.11 bits per heavy atom. The molecule has 0 aromatic heterocycles. The predicted molar refractivity (Wildman–Crippen MR) is 105 cm³/mol. The van der Waals surface area contributed by atoms with Gasteiger partial charge in [0.1, 0.15) is 5.75 Å². The zero-order valence-electron chi connectivity index (χ0n) is 15.9. The van der Waals surface area contributed by atoms with Crippen molar-refractivity contribution in [2.75, 3.05) is 26.7 Å². The summed E-state index contributed by atoms with van der Waals surface area (Å²) >= 11 is 0. The van der Waals surface area contributed by atoms with Gasteiger partial charge in [-0.25, -0.2) is 13.1 Å². The van der Waals surface area contributed by atoms with E-state index in [1.165, 1.54) is 6.92 Å². The molecule has 0 aliphatic heterocycles. The molecular weight excluding hydrogens is 364 g/mol. The van der Waals surface area contributed by atoms with Gasteiger partial charge in [0.25, 0.3) is 0 Å². The molecular formula is C20H26N2O4S. The zero-order valence-corrected chi connectivity index (χ0v) is 16.8. The largest absolute Gasteiger partial charge is 0.497 e. The fourth-order valence-corrected chi connectivity index (χ4v) is 3.66. The summed E-state index contributed by atoms with van der Waals surface area (Å²) in [6.45, 7) is 4.37. The molecule has 0 atom stereocenters. The maximum atomic E-state index is 12.3. The summed E-state index contributed by atoms with van der Waals surface area (Å²) in [7, 11) is -1.97. The number of hydrogen-bond donors (Lipinski definition) is 1. The minimum absolute atomic E-state index is 0.0903. The van der Waals surface area contributed by atoms with Crippen molar-refractivity contribution in [1.29, 1.82) is 0 Å². The van der Waals surface area contributed by atoms with E-state index in [9.17, 15) is 13.2 Å². The topological polar surface area (TPSA) is 75.7 Å². The van der Waals surface area contributed by atoms with E-state index in [0.29, 0.717) is 19.5 Å². The minimum Gasteiger partial charge on any atom is -0.497 e. The number of carbonyl (C=O) groups is 1. The molecule has 0 unspecified atom stereocenters. The van der Waals surface area contributed by atoms with Gasteiger partial charge in [0.2, 0.25) is 15.9 Å². The molecule has 0 saturated heterocycles. The van der Waals surface area contributed by atoms with E-state index in [1.807, 2.05) is 31.2 Å². The van der Waals surface area contributed by atoms with Crippen molar-refractivity contribution in [2.24, 2.45) is 0 Å². The number of rotatable bonds is 9. The molecule has 0 fully saturated rings. The van der Waals surface area contributed by atoms with Crippen LogP contribution in [0.4, 0.5) is 0 Å². The van der Waals surface area contributed by atoms with Gasteiger partial charge < -0.3 is 9.64 Å². The van der Waals surface area contributed by atoms with Crippen LogP contribution < -0.4 is 9.46 Å². The number of benzene rings is 2. The molecule has 27 heavy (non-hydrogen) atoms. The van der Waals surface area contributed by atoms with Crippen LogP contribution in [0.3, 0.4) is 0 Å². The highest BCUT2D eigenvalue weighted by atomic mass is 32.2. The third kappa shape index (κ3) is 6.37. The van der Waals surface area contributed by atoms with Gasteiger partial charge in [-0.2, -0.15) is 0 Å². The number of hydrogen-bond acceptors (Lipinski definition) is 4. The Kier molecular flexibility index (Phi) is 7.38. The first-order chi connectivity index (χ1) is 12.8. The second kappa shape index (κ2) is 9.53. The lowest BCUT2D eigenvalue weighted by atomic mass is 10.1. The van der Waals surface area contributed by atoms with Gasteiger partial charge in [-0.1, -0.05) is 29.8 Å². The molecule has 2 aromatic rings. The molecule has 0 radical (unpaired) electrons. The van der Waals surface area contributed by atoms with Crippen molar-refractivity contribution in [3.05, 3.63) is 59.7 Å². The Labute approximate surface area is 161 Å². The summed E-state index contributed by atoms with van der Waals surface area (Å²) in [5.41, 5.74) is 2.05. The third-order valence-electron chi connectivity index (χ3n) is 4.25. The number of ether oxygens (including phenoxy) is 1. The first-order valence-electron chi connectivity index (χ1n) is 8.76. The van der Waals surface area contributed by atoms with Crippen molar-refractivity contribution in [3.63, 3.8) is 0 Å². The van der Waals surface area contributed by atoms with E-state index in [-0.39, 0.29) is 17.3 Å². The van der Waals surface area contributed by atoms with Gasteiger partial charge in [0.15, 0.2) is 0 Å². The normalized spacial score (nSPS) is 11.2. The lowest BCUT2D eigenvalue weighted by Crippen LogP contribution is -2.38. The lowest BCUT2D eigenvalue weighted by molar-refractivity contribution is -0.128. The maximum Gasteiger partial charge on any atom is 0.240 e. The molecule has 0 aliphatic rings. The van der Waals surface area contributed by atoms with Crippen LogP contribution in [0.1, 0.15) is 18.1 Å². The molecule has 7 heteroatoms. The SMILES string of the molecule is COc1cccc(CCN(CCNS(=O)(=O)c2ccc(C)cc2)C(C)=O)c1. The van der Waals surface area contributed by atoms with Crippen molar-refractivity contribution in [3.8, 4) is 5.75 Å². The van der Waals surface area contributed by atoms with E-state index in [1.54, 1.807) is 36.3 Å². The van der Waals surface area contributed by atoms with E-state index in [4.69, 9.17) is 4.74 Å². The van der Waals surface area contributed by atoms with Gasteiger partial charge in [-0.05, 0) is 43.2 Å². The van der Waals surface area contributed by atoms with Crippen LogP contribution in [0.5, 0.6) is 5.75 Å². The predicted octanol–water partition coefficient (Wildman–Crippen LogP) is 2.37. The van der Waals surface area contributed by atoms with E-state index < -0.39 is 10.0 Å². The van der Waals surface area contributed by atoms with E-state index in [0.717, 1.165) is 16.9 Å². The molecule has 0 bridgehead atoms. The second-order valence-electron chi connectivity index (χ2n) is 6.32. The number of carbonyl (C=O) groups excluding carboxylic acids is 1. The molecule has 0 spiro atoms. The summed E-state index contributed by atoms with van der Waals surface area (Å²) in [4.78, 5) is 13.7. The van der Waals surface area contributed by atoms with Gasteiger partial charge >= 0.3 is 0 Å². The van der Waals surface area contributed by atoms with Crippen molar-refractivity contribution >= 4 is 15.9 Å². The number of nitrogens with one attached hydrogen (secondary N) is 1. The summed E-state index contributed by atoms with van der Waals surface area (Å²) in [6.07, 6.45) is 0.668. The van der Waals surface area contributed by atoms with Crippen molar-refractivity contribution in [2.45, 2.75) is 25.2 Å². The van der Waals surface area contributed by atoms with Crippen LogP contribution in [-0.2, 0) is 21.2 Å². The fourth-order valence-electron chi connectivity index (χ4n) is 2.63. The summed E-state index contributed by atoms with van der Waals surface area (Å²) in [6, 6.07) is 14.3. The number of methoxy groups -OCH3 is 1. The average molecular weight is 391 g/mol. The zero-order chi connectivity index (χ0) is 19.9. The number of aryl methyl sites for hydroxylation is 1. The van der Waals surface area contributed by atoms with E-state index in [2.05, 4.69) is 4.72 Å². The first kappa shape index (κ1) is 20.9. The highest BCUT2D eigenvalue weighted by Crippen LogP contribution is 2.13. The van der Waals surface area contributed by atoms with Gasteiger partial charge in [-0.15, -0.1) is 0 Å². The molecule has 1 N–H and O–H groups in total. The van der Waals surface area contributed by atoms with Gasteiger partial charge in [0, 0.05) is 26.6 Å². The Morgan fingerprint density at radius 2 is 1.81 bits per heavy atom. The quantitative estimate of drug-likeness (QED) is 0.713. The first-order valence-corrected chi connectivity index (χ1v) is 10.2. The van der Waals surface area contributed by atoms with Crippen LogP contribution >= 0.6 is 0 Å². The molecule has 146 valence electrons. The highest BCUT2D eigenvalue weighted by molar-refractivity contribution is 7.89. The monoisotopic (exact) mass is 390 g/mol. The minimum atomic E-state index is -3.58. The number of sulfonamides is 1. The number of nitrogens with zero attached hydrogens (tertiary/aromatic N) is 1. The van der Waals surface area contributed by atoms with Crippen LogP contribution in [-0.4, -0.2) is 46.0 Å². The summed E-state index contributed by atoms with van der Waals surface area (Å²) in [5.74, 6) is 0.681. The van der Waals surface area contributed by atoms with Gasteiger partial charge in [0.05, 0.1) is 12.0 Å². The third-order valence-corrected chi connectivity index (χ3v) is 5.73. The average Bonchev–Trinajstić information content (AvgIpc) is 2.64. The van der Waals surface area contributed by atoms with Crippen LogP contribution in [0.15, 0.2) is 53.4 Å². The molecule has 0 saturated carbocycles. The van der Waals surface area contributed by atoms with Crippen LogP contribution in [0.25, 0.3) is 0 Å². The van der Waals surface area contributed by atoms with Gasteiger partial charge in [-0.3, -0.25) is 4.79 Å². The standard InChI is InChI=1S/C20H26N2O4S/c1-16-7-9-20(10-8-16)27(24,25)21-12-14-22(17(2)23)13-11-18-5-4-6-19(15-18)26-3/h4-10,15,21H,11-14H2,1-3H3. The summed E-state index contributed by atoms with van der Waals surface area (Å²) < 4.78 is 32.4. The Morgan fingerprint density at radius 3 is 2.44 bits per heavy atom. The molecule has 2 rings (SSSR count). The molecule has 0 heterocycles. The molecule has 2 aromatic carbocycles. The smallest absolute Gasteiger partial charge is 0.240 e. The van der Waals surface area contributed by atoms with E-state index >= 15 is 0 Å².